The second-order valence-corrected chi connectivity index (χ2v) is 7.71. The van der Waals surface area contributed by atoms with Gasteiger partial charge in [0, 0.05) is 5.69 Å². The van der Waals surface area contributed by atoms with Crippen molar-refractivity contribution in [3.05, 3.63) is 52.3 Å². The molecule has 1 aromatic carbocycles. The average molecular weight is 399 g/mol. The van der Waals surface area contributed by atoms with Gasteiger partial charge in [-0.25, -0.2) is 4.79 Å². The number of aryl methyl sites for hydroxylation is 2. The highest BCUT2D eigenvalue weighted by Gasteiger charge is 2.27. The van der Waals surface area contributed by atoms with Crippen molar-refractivity contribution in [2.75, 3.05) is 7.11 Å². The van der Waals surface area contributed by atoms with Gasteiger partial charge >= 0.3 is 5.97 Å². The minimum absolute atomic E-state index is 0.139. The molecule has 0 aliphatic carbocycles. The molecule has 146 valence electrons. The van der Waals surface area contributed by atoms with E-state index in [9.17, 15) is 9.59 Å². The monoisotopic (exact) mass is 399 g/mol. The molecule has 0 fully saturated rings. The zero-order valence-electron chi connectivity index (χ0n) is 16.3. The van der Waals surface area contributed by atoms with Crippen LogP contribution < -0.4 is 0 Å². The lowest BCUT2D eigenvalue weighted by Crippen LogP contribution is -2.16. The number of benzene rings is 1. The largest absolute Gasteiger partial charge is 0.465 e. The Morgan fingerprint density at radius 3 is 2.61 bits per heavy atom. The normalized spacial score (nSPS) is 12.0. The molecule has 2 aromatic heterocycles. The van der Waals surface area contributed by atoms with Crippen LogP contribution in [0.4, 0.5) is 0 Å². The summed E-state index contributed by atoms with van der Waals surface area (Å²) < 4.78 is 6.43. The van der Waals surface area contributed by atoms with E-state index < -0.39 is 11.2 Å². The van der Waals surface area contributed by atoms with E-state index >= 15 is 0 Å². The summed E-state index contributed by atoms with van der Waals surface area (Å²) >= 11 is 1.26. The summed E-state index contributed by atoms with van der Waals surface area (Å²) in [7, 11) is 1.32. The highest BCUT2D eigenvalue weighted by molar-refractivity contribution is 8.00. The summed E-state index contributed by atoms with van der Waals surface area (Å²) in [6.45, 7) is 7.24. The molecule has 0 saturated heterocycles. The molecule has 3 aromatic rings. The van der Waals surface area contributed by atoms with Crippen LogP contribution in [0.3, 0.4) is 0 Å². The zero-order chi connectivity index (χ0) is 20.4. The summed E-state index contributed by atoms with van der Waals surface area (Å²) in [5.41, 5.74) is 3.86. The van der Waals surface area contributed by atoms with E-state index in [0.717, 1.165) is 11.3 Å². The Balaban J connectivity index is 1.87. The average Bonchev–Trinajstić information content (AvgIpc) is 3.24. The summed E-state index contributed by atoms with van der Waals surface area (Å²) in [5.74, 6) is -0.603. The molecule has 2 heterocycles. The van der Waals surface area contributed by atoms with Gasteiger partial charge in [0.15, 0.2) is 5.78 Å². The number of ketones is 1. The number of aromatic amines is 1. The van der Waals surface area contributed by atoms with Gasteiger partial charge in [0.25, 0.3) is 0 Å². The first-order chi connectivity index (χ1) is 13.3. The quantitative estimate of drug-likeness (QED) is 0.386. The lowest BCUT2D eigenvalue weighted by atomic mass is 10.1. The Labute approximate surface area is 166 Å². The van der Waals surface area contributed by atoms with Crippen LogP contribution in [-0.2, 0) is 4.74 Å². The maximum Gasteiger partial charge on any atom is 0.339 e. The van der Waals surface area contributed by atoms with Crippen molar-refractivity contribution in [2.45, 2.75) is 38.1 Å². The van der Waals surface area contributed by atoms with Gasteiger partial charge in [0.1, 0.15) is 0 Å². The third kappa shape index (κ3) is 3.57. The second kappa shape index (κ2) is 7.97. The van der Waals surface area contributed by atoms with Crippen LogP contribution in [0.5, 0.6) is 0 Å². The van der Waals surface area contributed by atoms with E-state index in [-0.39, 0.29) is 5.78 Å². The van der Waals surface area contributed by atoms with Gasteiger partial charge in [0.2, 0.25) is 5.16 Å². The number of nitrogens with zero attached hydrogens (tertiary/aromatic N) is 4. The molecule has 1 atom stereocenters. The highest BCUT2D eigenvalue weighted by Crippen LogP contribution is 2.28. The first-order valence-corrected chi connectivity index (χ1v) is 9.55. The van der Waals surface area contributed by atoms with Crippen LogP contribution in [0, 0.1) is 20.8 Å². The van der Waals surface area contributed by atoms with Crippen molar-refractivity contribution in [3.63, 3.8) is 0 Å². The molecule has 0 spiro atoms. The third-order valence-corrected chi connectivity index (χ3v) is 5.54. The smallest absolute Gasteiger partial charge is 0.339 e. The van der Waals surface area contributed by atoms with E-state index in [1.165, 1.54) is 18.9 Å². The lowest BCUT2D eigenvalue weighted by molar-refractivity contribution is 0.0599. The predicted molar refractivity (Wildman–Crippen MR) is 105 cm³/mol. The molecule has 0 aliphatic rings. The van der Waals surface area contributed by atoms with Crippen LogP contribution in [0.1, 0.15) is 44.6 Å². The SMILES string of the molecule is COC(=O)c1c(C)[nH]c(C(=O)C(C)Sc2nnnn2-c2ccccc2C)c1C. The van der Waals surface area contributed by atoms with E-state index in [1.54, 1.807) is 25.5 Å². The molecule has 0 radical (unpaired) electrons. The molecule has 0 amide bonds. The summed E-state index contributed by atoms with van der Waals surface area (Å²) in [6.07, 6.45) is 0. The van der Waals surface area contributed by atoms with E-state index in [4.69, 9.17) is 4.74 Å². The van der Waals surface area contributed by atoms with Crippen LogP contribution in [0.15, 0.2) is 29.4 Å². The number of carbonyl (C=O) groups is 2. The Morgan fingerprint density at radius 1 is 1.21 bits per heavy atom. The predicted octanol–water partition coefficient (Wildman–Crippen LogP) is 3.07. The standard InChI is InChI=1S/C19H21N5O3S/c1-10-8-6-7-9-14(10)24-19(21-22-23-24)28-13(4)17(25)16-11(2)15(12(3)20-16)18(26)27-5/h6-9,13,20H,1-5H3. The van der Waals surface area contributed by atoms with E-state index in [0.29, 0.717) is 27.7 Å². The molecular weight excluding hydrogens is 378 g/mol. The highest BCUT2D eigenvalue weighted by atomic mass is 32.2. The molecule has 1 unspecified atom stereocenters. The molecule has 3 rings (SSSR count). The first kappa shape index (κ1) is 19.8. The zero-order valence-corrected chi connectivity index (χ0v) is 17.1. The van der Waals surface area contributed by atoms with Crippen molar-refractivity contribution in [3.8, 4) is 5.69 Å². The van der Waals surface area contributed by atoms with Crippen molar-refractivity contribution in [2.24, 2.45) is 0 Å². The molecule has 0 bridgehead atoms. The minimum atomic E-state index is -0.464. The number of tetrazole rings is 1. The Morgan fingerprint density at radius 2 is 1.93 bits per heavy atom. The topological polar surface area (TPSA) is 103 Å². The number of ether oxygens (including phenoxy) is 1. The van der Waals surface area contributed by atoms with Gasteiger partial charge in [0.05, 0.1) is 29.3 Å². The van der Waals surface area contributed by atoms with E-state index in [2.05, 4.69) is 20.5 Å². The molecule has 9 heteroatoms. The number of thioether (sulfide) groups is 1. The van der Waals surface area contributed by atoms with Crippen LogP contribution >= 0.6 is 11.8 Å². The van der Waals surface area contributed by atoms with Crippen molar-refractivity contribution < 1.29 is 14.3 Å². The number of hydrogen-bond acceptors (Lipinski definition) is 7. The molecule has 1 N–H and O–H groups in total. The lowest BCUT2D eigenvalue weighted by Gasteiger charge is -2.11. The van der Waals surface area contributed by atoms with E-state index in [1.807, 2.05) is 31.2 Å². The second-order valence-electron chi connectivity index (χ2n) is 6.40. The number of aromatic nitrogens is 5. The van der Waals surface area contributed by atoms with Crippen molar-refractivity contribution in [1.29, 1.82) is 0 Å². The Bertz CT molecular complexity index is 1040. The fourth-order valence-electron chi connectivity index (χ4n) is 3.02. The van der Waals surface area contributed by atoms with Gasteiger partial charge in [-0.1, -0.05) is 30.0 Å². The molecule has 28 heavy (non-hydrogen) atoms. The number of para-hydroxylation sites is 1. The molecule has 0 saturated carbocycles. The van der Waals surface area contributed by atoms with Gasteiger partial charge in [-0.3, -0.25) is 4.79 Å². The van der Waals surface area contributed by atoms with Gasteiger partial charge in [-0.15, -0.1) is 5.10 Å². The minimum Gasteiger partial charge on any atom is -0.465 e. The number of carbonyl (C=O) groups excluding carboxylic acids is 2. The van der Waals surface area contributed by atoms with Gasteiger partial charge in [-0.05, 0) is 55.3 Å². The summed E-state index contributed by atoms with van der Waals surface area (Å²) in [5, 5.41) is 11.9. The maximum absolute atomic E-state index is 13.0. The van der Waals surface area contributed by atoms with Gasteiger partial charge < -0.3 is 9.72 Å². The summed E-state index contributed by atoms with van der Waals surface area (Å²) in [6, 6.07) is 7.74. The van der Waals surface area contributed by atoms with Crippen LogP contribution in [-0.4, -0.2) is 49.3 Å². The number of esters is 1. The first-order valence-electron chi connectivity index (χ1n) is 8.67. The fourth-order valence-corrected chi connectivity index (χ4v) is 3.88. The van der Waals surface area contributed by atoms with Crippen molar-refractivity contribution in [1.82, 2.24) is 25.2 Å². The number of hydrogen-bond donors (Lipinski definition) is 1. The third-order valence-electron chi connectivity index (χ3n) is 4.51. The molecule has 0 aliphatic heterocycles. The molecule has 8 nitrogen and oxygen atoms in total. The maximum atomic E-state index is 13.0. The van der Waals surface area contributed by atoms with Crippen LogP contribution in [0.25, 0.3) is 5.69 Å². The molecular formula is C19H21N5O3S. The summed E-state index contributed by atoms with van der Waals surface area (Å²) in [4.78, 5) is 28.0. The number of methoxy groups -OCH3 is 1. The number of rotatable bonds is 6. The number of nitrogens with one attached hydrogen (secondary N) is 1. The van der Waals surface area contributed by atoms with Crippen LogP contribution in [0.2, 0.25) is 0 Å². The Kier molecular flexibility index (Phi) is 5.64. The fraction of sp³-hybridized carbons (Fsp3) is 0.316. The Hall–Kier alpha value is -2.94. The van der Waals surface area contributed by atoms with Crippen molar-refractivity contribution >= 4 is 23.5 Å². The number of Topliss-reactive ketones (excluding diaryl/α,β-unsaturated/α-hetero) is 1. The number of H-pyrrole nitrogens is 1. The van der Waals surface area contributed by atoms with Gasteiger partial charge in [-0.2, -0.15) is 4.68 Å².